The van der Waals surface area contributed by atoms with Crippen molar-refractivity contribution in [3.05, 3.63) is 54.6 Å². The van der Waals surface area contributed by atoms with E-state index < -0.39 is 5.60 Å². The average molecular weight is 357 g/mol. The van der Waals surface area contributed by atoms with E-state index >= 15 is 0 Å². The van der Waals surface area contributed by atoms with Crippen LogP contribution in [-0.4, -0.2) is 33.4 Å². The number of unbranched alkanes of at least 4 members (excludes halogenated alkanes) is 1. The Morgan fingerprint density at radius 3 is 2.62 bits per heavy atom. The molecule has 0 unspecified atom stereocenters. The highest BCUT2D eigenvalue weighted by molar-refractivity contribution is 6.00. The summed E-state index contributed by atoms with van der Waals surface area (Å²) in [5, 5.41) is 4.30. The standard InChI is InChI=1S/C20H27N3O3/c1-20(2,3)26-19(24)11-7-8-14-25-22-18(15-23-13-12-21-16-23)17-9-5-4-6-10-17/h4-6,9-10,12-13,16H,7-8,11,14-15H2,1-3H3/b22-18-. The Morgan fingerprint density at radius 1 is 1.19 bits per heavy atom. The third-order valence-corrected chi connectivity index (χ3v) is 3.46. The molecule has 6 nitrogen and oxygen atoms in total. The van der Waals surface area contributed by atoms with Crippen molar-refractivity contribution in [3.8, 4) is 0 Å². The van der Waals surface area contributed by atoms with E-state index in [-0.39, 0.29) is 5.97 Å². The van der Waals surface area contributed by atoms with Gasteiger partial charge in [-0.25, -0.2) is 4.98 Å². The van der Waals surface area contributed by atoms with Gasteiger partial charge in [0.25, 0.3) is 0 Å². The Labute approximate surface area is 154 Å². The van der Waals surface area contributed by atoms with Gasteiger partial charge < -0.3 is 14.1 Å². The summed E-state index contributed by atoms with van der Waals surface area (Å²) < 4.78 is 7.23. The molecule has 0 N–H and O–H groups in total. The SMILES string of the molecule is CC(C)(C)OC(=O)CCCCO/N=C(/Cn1ccnc1)c1ccccc1. The fraction of sp³-hybridized carbons (Fsp3) is 0.450. The van der Waals surface area contributed by atoms with E-state index in [1.54, 1.807) is 12.5 Å². The summed E-state index contributed by atoms with van der Waals surface area (Å²) in [6.45, 7) is 6.65. The van der Waals surface area contributed by atoms with Crippen LogP contribution in [0.15, 0.2) is 54.2 Å². The number of nitrogens with zero attached hydrogens (tertiary/aromatic N) is 3. The Kier molecular flexibility index (Phi) is 7.38. The minimum Gasteiger partial charge on any atom is -0.460 e. The van der Waals surface area contributed by atoms with E-state index in [0.717, 1.165) is 17.7 Å². The molecule has 0 fully saturated rings. The van der Waals surface area contributed by atoms with Crippen molar-refractivity contribution in [1.82, 2.24) is 9.55 Å². The molecule has 0 radical (unpaired) electrons. The molecule has 6 heteroatoms. The third kappa shape index (κ3) is 7.51. The normalized spacial score (nSPS) is 12.0. The number of imidazole rings is 1. The molecule has 2 aromatic rings. The van der Waals surface area contributed by atoms with Crippen molar-refractivity contribution in [2.24, 2.45) is 5.16 Å². The molecule has 0 amide bonds. The highest BCUT2D eigenvalue weighted by Gasteiger charge is 2.15. The van der Waals surface area contributed by atoms with Gasteiger partial charge in [0, 0.05) is 24.4 Å². The molecule has 0 saturated carbocycles. The van der Waals surface area contributed by atoms with Crippen LogP contribution in [0.5, 0.6) is 0 Å². The van der Waals surface area contributed by atoms with Crippen LogP contribution in [0.3, 0.4) is 0 Å². The van der Waals surface area contributed by atoms with Crippen LogP contribution in [0.4, 0.5) is 0 Å². The molecule has 1 aromatic carbocycles. The Hall–Kier alpha value is -2.63. The molecule has 0 aliphatic heterocycles. The van der Waals surface area contributed by atoms with Crippen molar-refractivity contribution in [2.45, 2.75) is 52.2 Å². The van der Waals surface area contributed by atoms with Crippen LogP contribution >= 0.6 is 0 Å². The van der Waals surface area contributed by atoms with E-state index in [1.807, 2.05) is 61.9 Å². The first-order valence-corrected chi connectivity index (χ1v) is 8.86. The maximum absolute atomic E-state index is 11.7. The lowest BCUT2D eigenvalue weighted by molar-refractivity contribution is -0.154. The summed E-state index contributed by atoms with van der Waals surface area (Å²) in [7, 11) is 0. The Bertz CT molecular complexity index is 689. The molecule has 0 aliphatic rings. The highest BCUT2D eigenvalue weighted by atomic mass is 16.6. The van der Waals surface area contributed by atoms with Gasteiger partial charge in [-0.3, -0.25) is 4.79 Å². The van der Waals surface area contributed by atoms with Gasteiger partial charge in [0.15, 0.2) is 0 Å². The summed E-state index contributed by atoms with van der Waals surface area (Å²) in [5.74, 6) is -0.175. The molecule has 0 spiro atoms. The van der Waals surface area contributed by atoms with Crippen LogP contribution in [0, 0.1) is 0 Å². The predicted octanol–water partition coefficient (Wildman–Crippen LogP) is 3.82. The number of hydrogen-bond acceptors (Lipinski definition) is 5. The zero-order chi connectivity index (χ0) is 18.8. The van der Waals surface area contributed by atoms with Crippen LogP contribution in [0.2, 0.25) is 0 Å². The first-order valence-electron chi connectivity index (χ1n) is 8.86. The predicted molar refractivity (Wildman–Crippen MR) is 101 cm³/mol. The van der Waals surface area contributed by atoms with E-state index in [0.29, 0.717) is 26.0 Å². The second-order valence-corrected chi connectivity index (χ2v) is 7.02. The maximum atomic E-state index is 11.7. The number of hydrogen-bond donors (Lipinski definition) is 0. The minimum absolute atomic E-state index is 0.175. The number of aromatic nitrogens is 2. The van der Waals surface area contributed by atoms with Gasteiger partial charge >= 0.3 is 5.97 Å². The first kappa shape index (κ1) is 19.7. The quantitative estimate of drug-likeness (QED) is 0.296. The summed E-state index contributed by atoms with van der Waals surface area (Å²) in [4.78, 5) is 21.2. The largest absolute Gasteiger partial charge is 0.460 e. The lowest BCUT2D eigenvalue weighted by Crippen LogP contribution is -2.23. The van der Waals surface area contributed by atoms with Crippen LogP contribution in [0.25, 0.3) is 0 Å². The van der Waals surface area contributed by atoms with Gasteiger partial charge in [0.1, 0.15) is 17.9 Å². The van der Waals surface area contributed by atoms with E-state index in [9.17, 15) is 4.79 Å². The first-order chi connectivity index (χ1) is 12.4. The van der Waals surface area contributed by atoms with Crippen molar-refractivity contribution in [2.75, 3.05) is 6.61 Å². The van der Waals surface area contributed by atoms with Gasteiger partial charge in [-0.05, 0) is 33.6 Å². The number of rotatable bonds is 9. The summed E-state index contributed by atoms with van der Waals surface area (Å²) in [6.07, 6.45) is 7.23. The van der Waals surface area contributed by atoms with Gasteiger partial charge in [-0.2, -0.15) is 0 Å². The van der Waals surface area contributed by atoms with Crippen LogP contribution in [0.1, 0.15) is 45.6 Å². The van der Waals surface area contributed by atoms with Gasteiger partial charge in [-0.1, -0.05) is 35.5 Å². The molecule has 0 aliphatic carbocycles. The molecule has 0 atom stereocenters. The van der Waals surface area contributed by atoms with E-state index in [2.05, 4.69) is 10.1 Å². The van der Waals surface area contributed by atoms with Crippen molar-refractivity contribution in [1.29, 1.82) is 0 Å². The lowest BCUT2D eigenvalue weighted by Gasteiger charge is -2.19. The minimum atomic E-state index is -0.435. The number of ether oxygens (including phenoxy) is 1. The maximum Gasteiger partial charge on any atom is 0.306 e. The monoisotopic (exact) mass is 357 g/mol. The zero-order valence-electron chi connectivity index (χ0n) is 15.7. The van der Waals surface area contributed by atoms with Gasteiger partial charge in [0.05, 0.1) is 12.9 Å². The number of esters is 1. The molecule has 1 aromatic heterocycles. The molecular weight excluding hydrogens is 330 g/mol. The smallest absolute Gasteiger partial charge is 0.306 e. The molecule has 2 rings (SSSR count). The Morgan fingerprint density at radius 2 is 1.96 bits per heavy atom. The summed E-state index contributed by atoms with van der Waals surface area (Å²) in [5.41, 5.74) is 1.40. The molecule has 26 heavy (non-hydrogen) atoms. The molecular formula is C20H27N3O3. The second-order valence-electron chi connectivity index (χ2n) is 7.02. The molecule has 1 heterocycles. The van der Waals surface area contributed by atoms with Crippen LogP contribution < -0.4 is 0 Å². The number of benzene rings is 1. The average Bonchev–Trinajstić information content (AvgIpc) is 3.09. The van der Waals surface area contributed by atoms with Crippen LogP contribution in [-0.2, 0) is 20.9 Å². The molecule has 0 bridgehead atoms. The fourth-order valence-corrected chi connectivity index (χ4v) is 2.31. The van der Waals surface area contributed by atoms with Crippen molar-refractivity contribution in [3.63, 3.8) is 0 Å². The summed E-state index contributed by atoms with van der Waals surface area (Å²) in [6, 6.07) is 9.91. The van der Waals surface area contributed by atoms with Gasteiger partial charge in [0.2, 0.25) is 0 Å². The lowest BCUT2D eigenvalue weighted by atomic mass is 10.1. The number of oxime groups is 1. The zero-order valence-corrected chi connectivity index (χ0v) is 15.7. The second kappa shape index (κ2) is 9.75. The topological polar surface area (TPSA) is 65.7 Å². The number of carbonyl (C=O) groups is 1. The number of carbonyl (C=O) groups excluding carboxylic acids is 1. The highest BCUT2D eigenvalue weighted by Crippen LogP contribution is 2.10. The summed E-state index contributed by atoms with van der Waals surface area (Å²) >= 11 is 0. The Balaban J connectivity index is 1.80. The van der Waals surface area contributed by atoms with Crippen molar-refractivity contribution >= 4 is 11.7 Å². The van der Waals surface area contributed by atoms with Gasteiger partial charge in [-0.15, -0.1) is 0 Å². The molecule has 140 valence electrons. The molecule has 0 saturated heterocycles. The fourth-order valence-electron chi connectivity index (χ4n) is 2.31. The third-order valence-electron chi connectivity index (χ3n) is 3.46. The van der Waals surface area contributed by atoms with E-state index in [1.165, 1.54) is 0 Å². The van der Waals surface area contributed by atoms with Crippen molar-refractivity contribution < 1.29 is 14.4 Å². The van der Waals surface area contributed by atoms with E-state index in [4.69, 9.17) is 9.57 Å².